The van der Waals surface area contributed by atoms with Gasteiger partial charge >= 0.3 is 5.63 Å². The van der Waals surface area contributed by atoms with Crippen LogP contribution in [0.5, 0.6) is 5.75 Å². The summed E-state index contributed by atoms with van der Waals surface area (Å²) in [6, 6.07) is 5.53. The van der Waals surface area contributed by atoms with E-state index in [1.165, 1.54) is 0 Å². The Hall–Kier alpha value is -1.77. The molecule has 0 saturated carbocycles. The van der Waals surface area contributed by atoms with Gasteiger partial charge in [-0.25, -0.2) is 4.79 Å². The molecule has 2 rings (SSSR count). The summed E-state index contributed by atoms with van der Waals surface area (Å²) in [5, 5.41) is 1.54. The Balaban J connectivity index is 2.83. The molecular formula is C16H20O3. The lowest BCUT2D eigenvalue weighted by Gasteiger charge is -2.13. The van der Waals surface area contributed by atoms with E-state index in [0.29, 0.717) is 5.39 Å². The van der Waals surface area contributed by atoms with E-state index in [-0.39, 0.29) is 5.63 Å². The molecule has 0 spiro atoms. The first kappa shape index (κ1) is 13.7. The monoisotopic (exact) mass is 260 g/mol. The molecule has 0 N–H and O–H groups in total. The SMILES string of the molecule is CCCc1oc(=O)c2cccc(OC)c2c1CCC. The number of fused-ring (bicyclic) bond motifs is 1. The van der Waals surface area contributed by atoms with Crippen LogP contribution in [0.15, 0.2) is 27.4 Å². The molecule has 1 aromatic heterocycles. The Bertz CT molecular complexity index is 626. The van der Waals surface area contributed by atoms with Crippen molar-refractivity contribution in [3.05, 3.63) is 39.9 Å². The fraction of sp³-hybridized carbons (Fsp3) is 0.438. The van der Waals surface area contributed by atoms with Crippen molar-refractivity contribution in [2.45, 2.75) is 39.5 Å². The van der Waals surface area contributed by atoms with E-state index in [1.807, 2.05) is 12.1 Å². The molecule has 1 aromatic carbocycles. The smallest absolute Gasteiger partial charge is 0.343 e. The van der Waals surface area contributed by atoms with E-state index < -0.39 is 0 Å². The van der Waals surface area contributed by atoms with Crippen LogP contribution >= 0.6 is 0 Å². The van der Waals surface area contributed by atoms with Gasteiger partial charge in [-0.3, -0.25) is 0 Å². The van der Waals surface area contributed by atoms with Gasteiger partial charge in [-0.1, -0.05) is 26.3 Å². The molecule has 19 heavy (non-hydrogen) atoms. The van der Waals surface area contributed by atoms with E-state index in [9.17, 15) is 4.79 Å². The first-order valence-corrected chi connectivity index (χ1v) is 6.84. The summed E-state index contributed by atoms with van der Waals surface area (Å²) in [6.45, 7) is 4.21. The van der Waals surface area contributed by atoms with Crippen LogP contribution in [0.25, 0.3) is 10.8 Å². The van der Waals surface area contributed by atoms with Crippen molar-refractivity contribution in [1.82, 2.24) is 0 Å². The zero-order chi connectivity index (χ0) is 13.8. The lowest BCUT2D eigenvalue weighted by atomic mass is 9.99. The van der Waals surface area contributed by atoms with Crippen molar-refractivity contribution < 1.29 is 9.15 Å². The number of hydrogen-bond donors (Lipinski definition) is 0. The average Bonchev–Trinajstić information content (AvgIpc) is 2.42. The first-order chi connectivity index (χ1) is 9.22. The summed E-state index contributed by atoms with van der Waals surface area (Å²) in [7, 11) is 1.64. The van der Waals surface area contributed by atoms with E-state index in [0.717, 1.165) is 48.1 Å². The fourth-order valence-corrected chi connectivity index (χ4v) is 2.49. The van der Waals surface area contributed by atoms with Crippen molar-refractivity contribution in [1.29, 1.82) is 0 Å². The summed E-state index contributed by atoms with van der Waals surface area (Å²) in [4.78, 5) is 12.1. The summed E-state index contributed by atoms with van der Waals surface area (Å²) < 4.78 is 10.9. The molecule has 1 heterocycles. The topological polar surface area (TPSA) is 39.4 Å². The zero-order valence-corrected chi connectivity index (χ0v) is 11.8. The van der Waals surface area contributed by atoms with Crippen molar-refractivity contribution in [2.75, 3.05) is 7.11 Å². The van der Waals surface area contributed by atoms with Crippen molar-refractivity contribution in [3.63, 3.8) is 0 Å². The average molecular weight is 260 g/mol. The maximum absolute atomic E-state index is 12.1. The van der Waals surface area contributed by atoms with Gasteiger partial charge in [-0.15, -0.1) is 0 Å². The van der Waals surface area contributed by atoms with Crippen LogP contribution in [0.1, 0.15) is 38.0 Å². The Morgan fingerprint density at radius 2 is 1.89 bits per heavy atom. The highest BCUT2D eigenvalue weighted by Gasteiger charge is 2.15. The van der Waals surface area contributed by atoms with Crippen LogP contribution in [0.2, 0.25) is 0 Å². The van der Waals surface area contributed by atoms with Gasteiger partial charge in [-0.2, -0.15) is 0 Å². The third kappa shape index (κ3) is 2.50. The quantitative estimate of drug-likeness (QED) is 0.822. The lowest BCUT2D eigenvalue weighted by molar-refractivity contribution is 0.417. The highest BCUT2D eigenvalue weighted by atomic mass is 16.5. The molecule has 0 fully saturated rings. The van der Waals surface area contributed by atoms with Crippen molar-refractivity contribution in [2.24, 2.45) is 0 Å². The molecule has 0 amide bonds. The molecule has 3 nitrogen and oxygen atoms in total. The number of methoxy groups -OCH3 is 1. The minimum atomic E-state index is -0.266. The van der Waals surface area contributed by atoms with E-state index in [4.69, 9.17) is 9.15 Å². The molecule has 0 aliphatic carbocycles. The number of benzene rings is 1. The summed E-state index contributed by atoms with van der Waals surface area (Å²) in [5.41, 5.74) is 0.855. The van der Waals surface area contributed by atoms with Crippen LogP contribution < -0.4 is 10.4 Å². The second-order valence-electron chi connectivity index (χ2n) is 4.67. The van der Waals surface area contributed by atoms with Gasteiger partial charge in [0.2, 0.25) is 0 Å². The Morgan fingerprint density at radius 1 is 1.16 bits per heavy atom. The third-order valence-corrected chi connectivity index (χ3v) is 3.30. The molecule has 0 unspecified atom stereocenters. The Morgan fingerprint density at radius 3 is 2.53 bits per heavy atom. The minimum Gasteiger partial charge on any atom is -0.496 e. The predicted molar refractivity (Wildman–Crippen MR) is 77.0 cm³/mol. The molecule has 0 aliphatic heterocycles. The highest BCUT2D eigenvalue weighted by molar-refractivity contribution is 5.90. The fourth-order valence-electron chi connectivity index (χ4n) is 2.49. The van der Waals surface area contributed by atoms with Gasteiger partial charge in [0, 0.05) is 17.4 Å². The summed E-state index contributed by atoms with van der Waals surface area (Å²) in [5.74, 6) is 1.57. The number of aryl methyl sites for hydroxylation is 2. The van der Waals surface area contributed by atoms with Gasteiger partial charge in [0.15, 0.2) is 0 Å². The molecule has 0 saturated heterocycles. The second-order valence-corrected chi connectivity index (χ2v) is 4.67. The first-order valence-electron chi connectivity index (χ1n) is 6.84. The van der Waals surface area contributed by atoms with Crippen LogP contribution in [-0.4, -0.2) is 7.11 Å². The van der Waals surface area contributed by atoms with Crippen molar-refractivity contribution >= 4 is 10.8 Å². The molecule has 102 valence electrons. The zero-order valence-electron chi connectivity index (χ0n) is 11.8. The van der Waals surface area contributed by atoms with Crippen LogP contribution in [-0.2, 0) is 12.8 Å². The normalized spacial score (nSPS) is 10.9. The highest BCUT2D eigenvalue weighted by Crippen LogP contribution is 2.30. The van der Waals surface area contributed by atoms with Crippen LogP contribution in [0.4, 0.5) is 0 Å². The van der Waals surface area contributed by atoms with E-state index in [2.05, 4.69) is 13.8 Å². The standard InChI is InChI=1S/C16H20O3/c1-4-7-11-13(8-5-2)19-16(17)12-9-6-10-14(18-3)15(11)12/h6,9-10H,4-5,7-8H2,1-3H3. The van der Waals surface area contributed by atoms with Crippen LogP contribution in [0, 0.1) is 0 Å². The van der Waals surface area contributed by atoms with Gasteiger partial charge in [0.05, 0.1) is 12.5 Å². The second kappa shape index (κ2) is 5.91. The largest absolute Gasteiger partial charge is 0.496 e. The van der Waals surface area contributed by atoms with Gasteiger partial charge < -0.3 is 9.15 Å². The Labute approximate surface area is 113 Å². The molecule has 3 heteroatoms. The third-order valence-electron chi connectivity index (χ3n) is 3.30. The maximum Gasteiger partial charge on any atom is 0.343 e. The maximum atomic E-state index is 12.1. The van der Waals surface area contributed by atoms with E-state index in [1.54, 1.807) is 13.2 Å². The molecular weight excluding hydrogens is 240 g/mol. The van der Waals surface area contributed by atoms with Crippen molar-refractivity contribution in [3.8, 4) is 5.75 Å². The predicted octanol–water partition coefficient (Wildman–Crippen LogP) is 3.71. The molecule has 0 bridgehead atoms. The Kier molecular flexibility index (Phi) is 4.25. The molecule has 0 atom stereocenters. The molecule has 2 aromatic rings. The van der Waals surface area contributed by atoms with Gasteiger partial charge in [-0.05, 0) is 25.0 Å². The summed E-state index contributed by atoms with van der Waals surface area (Å²) in [6.07, 6.45) is 3.66. The number of rotatable bonds is 5. The number of hydrogen-bond acceptors (Lipinski definition) is 3. The van der Waals surface area contributed by atoms with E-state index >= 15 is 0 Å². The van der Waals surface area contributed by atoms with Gasteiger partial charge in [0.25, 0.3) is 0 Å². The summed E-state index contributed by atoms with van der Waals surface area (Å²) >= 11 is 0. The van der Waals surface area contributed by atoms with Gasteiger partial charge in [0.1, 0.15) is 11.5 Å². The molecule has 0 aliphatic rings. The lowest BCUT2D eigenvalue weighted by Crippen LogP contribution is -2.08. The van der Waals surface area contributed by atoms with Crippen LogP contribution in [0.3, 0.4) is 0 Å². The molecule has 0 radical (unpaired) electrons. The number of ether oxygens (including phenoxy) is 1. The minimum absolute atomic E-state index is 0.266.